The summed E-state index contributed by atoms with van der Waals surface area (Å²) in [6, 6.07) is 3.00. The van der Waals surface area contributed by atoms with E-state index in [2.05, 4.69) is 15.6 Å². The van der Waals surface area contributed by atoms with E-state index >= 15 is 0 Å². The Hall–Kier alpha value is -1.63. The van der Waals surface area contributed by atoms with Crippen LogP contribution < -0.4 is 10.6 Å². The molecule has 0 spiro atoms. The lowest BCUT2D eigenvalue weighted by Crippen LogP contribution is -2.32. The van der Waals surface area contributed by atoms with Gasteiger partial charge in [-0.2, -0.15) is 0 Å². The smallest absolute Gasteiger partial charge is 0.239 e. The second-order valence-electron chi connectivity index (χ2n) is 4.67. The van der Waals surface area contributed by atoms with Crippen LogP contribution in [-0.4, -0.2) is 38.7 Å². The molecule has 106 valence electrons. The zero-order valence-electron chi connectivity index (χ0n) is 11.3. The molecule has 6 nitrogen and oxygen atoms in total. The van der Waals surface area contributed by atoms with Gasteiger partial charge in [-0.05, 0) is 18.1 Å². The predicted molar refractivity (Wildman–Crippen MR) is 73.7 cm³/mol. The number of amides is 1. The Morgan fingerprint density at radius 2 is 2.11 bits per heavy atom. The van der Waals surface area contributed by atoms with E-state index in [-0.39, 0.29) is 23.2 Å². The Kier molecular flexibility index (Phi) is 5.29. The van der Waals surface area contributed by atoms with Crippen molar-refractivity contribution in [1.82, 2.24) is 10.3 Å². The van der Waals surface area contributed by atoms with Gasteiger partial charge in [-0.25, -0.2) is 13.4 Å². The molecule has 0 fully saturated rings. The number of rotatable bonds is 6. The van der Waals surface area contributed by atoms with Gasteiger partial charge in [0.1, 0.15) is 10.7 Å². The van der Waals surface area contributed by atoms with E-state index in [4.69, 9.17) is 0 Å². The number of aromatic nitrogens is 1. The molecule has 7 heteroatoms. The number of nitrogens with zero attached hydrogens (tertiary/aromatic N) is 1. The molecule has 0 saturated carbocycles. The summed E-state index contributed by atoms with van der Waals surface area (Å²) >= 11 is 0. The van der Waals surface area contributed by atoms with Gasteiger partial charge in [-0.3, -0.25) is 4.79 Å². The number of sulfone groups is 1. The summed E-state index contributed by atoms with van der Waals surface area (Å²) in [6.45, 7) is 4.57. The first kappa shape index (κ1) is 15.4. The van der Waals surface area contributed by atoms with Gasteiger partial charge in [0.15, 0.2) is 9.84 Å². The maximum absolute atomic E-state index is 11.5. The summed E-state index contributed by atoms with van der Waals surface area (Å²) in [5.41, 5.74) is 0. The van der Waals surface area contributed by atoms with Gasteiger partial charge in [-0.15, -0.1) is 0 Å². The fourth-order valence-corrected chi connectivity index (χ4v) is 2.17. The molecule has 0 aromatic carbocycles. The van der Waals surface area contributed by atoms with Crippen molar-refractivity contribution in [2.24, 2.45) is 5.92 Å². The summed E-state index contributed by atoms with van der Waals surface area (Å²) in [6.07, 6.45) is 2.58. The highest BCUT2D eigenvalue weighted by atomic mass is 32.2. The molecule has 0 radical (unpaired) electrons. The minimum atomic E-state index is -3.36. The molecule has 0 aliphatic heterocycles. The Balaban J connectivity index is 2.66. The van der Waals surface area contributed by atoms with Crippen LogP contribution in [-0.2, 0) is 14.6 Å². The number of nitrogens with one attached hydrogen (secondary N) is 2. The zero-order chi connectivity index (χ0) is 14.5. The summed E-state index contributed by atoms with van der Waals surface area (Å²) in [5.74, 6) is 0.369. The molecule has 1 heterocycles. The topological polar surface area (TPSA) is 88.2 Å². The van der Waals surface area contributed by atoms with Crippen LogP contribution in [0.5, 0.6) is 0 Å². The second kappa shape index (κ2) is 6.51. The molecule has 1 amide bonds. The fraction of sp³-hybridized carbons (Fsp3) is 0.500. The van der Waals surface area contributed by atoms with E-state index in [1.807, 2.05) is 13.8 Å². The quantitative estimate of drug-likeness (QED) is 0.802. The average molecular weight is 285 g/mol. The number of pyridine rings is 1. The standard InChI is InChI=1S/C12H19N3O3S/c1-9(2)7-14-11(16)8-15-12-10(19(3,17)18)5-4-6-13-12/h4-6,9H,7-8H2,1-3H3,(H,13,15)(H,14,16). The highest BCUT2D eigenvalue weighted by Gasteiger charge is 2.14. The summed E-state index contributed by atoms with van der Waals surface area (Å²) in [5, 5.41) is 5.47. The first-order valence-corrected chi connectivity index (χ1v) is 7.85. The largest absolute Gasteiger partial charge is 0.360 e. The Morgan fingerprint density at radius 1 is 1.42 bits per heavy atom. The normalized spacial score (nSPS) is 11.4. The van der Waals surface area contributed by atoms with E-state index in [1.54, 1.807) is 6.07 Å². The van der Waals surface area contributed by atoms with Crippen LogP contribution in [0.25, 0.3) is 0 Å². The Labute approximate surface area is 113 Å². The minimum absolute atomic E-state index is 0.00769. The third-order valence-electron chi connectivity index (χ3n) is 2.29. The molecule has 2 N–H and O–H groups in total. The summed E-state index contributed by atoms with van der Waals surface area (Å²) < 4.78 is 23.1. The van der Waals surface area contributed by atoms with Gasteiger partial charge in [0.05, 0.1) is 6.54 Å². The van der Waals surface area contributed by atoms with Crippen molar-refractivity contribution < 1.29 is 13.2 Å². The average Bonchev–Trinajstić information content (AvgIpc) is 2.33. The number of anilines is 1. The molecular formula is C12H19N3O3S. The summed E-state index contributed by atoms with van der Waals surface area (Å²) in [7, 11) is -3.36. The van der Waals surface area contributed by atoms with Crippen LogP contribution in [0.1, 0.15) is 13.8 Å². The maximum atomic E-state index is 11.5. The monoisotopic (exact) mass is 285 g/mol. The van der Waals surface area contributed by atoms with Gasteiger partial charge in [0.2, 0.25) is 5.91 Å². The number of carbonyl (C=O) groups is 1. The Morgan fingerprint density at radius 3 is 2.68 bits per heavy atom. The maximum Gasteiger partial charge on any atom is 0.239 e. The fourth-order valence-electron chi connectivity index (χ4n) is 1.37. The number of hydrogen-bond donors (Lipinski definition) is 2. The van der Waals surface area contributed by atoms with Crippen molar-refractivity contribution in [2.75, 3.05) is 24.7 Å². The third-order valence-corrected chi connectivity index (χ3v) is 3.42. The van der Waals surface area contributed by atoms with E-state index in [1.165, 1.54) is 12.3 Å². The van der Waals surface area contributed by atoms with Gasteiger partial charge in [0, 0.05) is 19.0 Å². The molecular weight excluding hydrogens is 266 g/mol. The molecule has 0 aliphatic rings. The number of hydrogen-bond acceptors (Lipinski definition) is 5. The van der Waals surface area contributed by atoms with E-state index in [0.29, 0.717) is 12.5 Å². The predicted octanol–water partition coefficient (Wildman–Crippen LogP) is 0.669. The Bertz CT molecular complexity index is 541. The van der Waals surface area contributed by atoms with Crippen molar-refractivity contribution in [1.29, 1.82) is 0 Å². The second-order valence-corrected chi connectivity index (χ2v) is 6.66. The third kappa shape index (κ3) is 5.25. The van der Waals surface area contributed by atoms with Crippen LogP contribution in [0.3, 0.4) is 0 Å². The lowest BCUT2D eigenvalue weighted by Gasteiger charge is -2.10. The van der Waals surface area contributed by atoms with E-state index < -0.39 is 9.84 Å². The van der Waals surface area contributed by atoms with Crippen molar-refractivity contribution in [2.45, 2.75) is 18.7 Å². The van der Waals surface area contributed by atoms with Gasteiger partial charge < -0.3 is 10.6 Å². The molecule has 0 aliphatic carbocycles. The highest BCUT2D eigenvalue weighted by molar-refractivity contribution is 7.90. The van der Waals surface area contributed by atoms with Crippen molar-refractivity contribution in [3.05, 3.63) is 18.3 Å². The van der Waals surface area contributed by atoms with E-state index in [9.17, 15) is 13.2 Å². The van der Waals surface area contributed by atoms with Crippen LogP contribution in [0.2, 0.25) is 0 Å². The molecule has 1 rings (SSSR count). The first-order valence-electron chi connectivity index (χ1n) is 5.96. The van der Waals surface area contributed by atoms with Gasteiger partial charge in [-0.1, -0.05) is 13.8 Å². The number of carbonyl (C=O) groups excluding carboxylic acids is 1. The van der Waals surface area contributed by atoms with Crippen LogP contribution in [0.4, 0.5) is 5.82 Å². The SMILES string of the molecule is CC(C)CNC(=O)CNc1ncccc1S(C)(=O)=O. The highest BCUT2D eigenvalue weighted by Crippen LogP contribution is 2.17. The van der Waals surface area contributed by atoms with Crippen molar-refractivity contribution in [3.63, 3.8) is 0 Å². The molecule has 19 heavy (non-hydrogen) atoms. The van der Waals surface area contributed by atoms with Crippen molar-refractivity contribution >= 4 is 21.6 Å². The minimum Gasteiger partial charge on any atom is -0.360 e. The molecule has 1 aromatic rings. The molecule has 0 atom stereocenters. The molecule has 0 saturated heterocycles. The summed E-state index contributed by atoms with van der Waals surface area (Å²) in [4.78, 5) is 15.6. The zero-order valence-corrected chi connectivity index (χ0v) is 12.1. The van der Waals surface area contributed by atoms with Gasteiger partial charge in [0.25, 0.3) is 0 Å². The van der Waals surface area contributed by atoms with Crippen molar-refractivity contribution in [3.8, 4) is 0 Å². The van der Waals surface area contributed by atoms with Crippen LogP contribution >= 0.6 is 0 Å². The van der Waals surface area contributed by atoms with Crippen LogP contribution in [0.15, 0.2) is 23.2 Å². The lowest BCUT2D eigenvalue weighted by molar-refractivity contribution is -0.119. The lowest BCUT2D eigenvalue weighted by atomic mass is 10.2. The first-order chi connectivity index (χ1) is 8.80. The van der Waals surface area contributed by atoms with Crippen LogP contribution in [0, 0.1) is 5.92 Å². The molecule has 0 bridgehead atoms. The molecule has 1 aromatic heterocycles. The molecule has 0 unspecified atom stereocenters. The van der Waals surface area contributed by atoms with E-state index in [0.717, 1.165) is 6.26 Å². The van der Waals surface area contributed by atoms with Gasteiger partial charge >= 0.3 is 0 Å².